The molecule has 0 amide bonds. The topological polar surface area (TPSA) is 167 Å². The fourth-order valence-electron chi connectivity index (χ4n) is 4.30. The van der Waals surface area contributed by atoms with Crippen LogP contribution in [0.4, 0.5) is 0 Å². The quantitative estimate of drug-likeness (QED) is 0.148. The normalized spacial score (nSPS) is 24.3. The Balaban J connectivity index is 1.34. The van der Waals surface area contributed by atoms with Crippen LogP contribution < -0.4 is 16.0 Å². The smallest absolute Gasteiger partial charge is 0.330 e. The first-order valence-electron chi connectivity index (χ1n) is 12.2. The van der Waals surface area contributed by atoms with Crippen molar-refractivity contribution in [1.82, 2.24) is 9.55 Å². The molecule has 1 aromatic heterocycles. The molecule has 0 spiro atoms. The number of benzene rings is 1. The van der Waals surface area contributed by atoms with Gasteiger partial charge in [-0.2, -0.15) is 0 Å². The molecule has 0 radical (unpaired) electrons. The molecular formula is C24H29N5O8. The number of aromatic nitrogens is 2. The minimum Gasteiger partial charge on any atom is -0.494 e. The zero-order valence-corrected chi connectivity index (χ0v) is 20.4. The summed E-state index contributed by atoms with van der Waals surface area (Å²) in [5.41, 5.74) is 8.30. The molecule has 0 saturated carbocycles. The molecule has 1 N–H and O–H groups in total. The van der Waals surface area contributed by atoms with E-state index in [9.17, 15) is 14.4 Å². The van der Waals surface area contributed by atoms with Crippen molar-refractivity contribution < 1.29 is 28.5 Å². The Morgan fingerprint density at radius 1 is 1.11 bits per heavy atom. The summed E-state index contributed by atoms with van der Waals surface area (Å²) < 4.78 is 30.1. The molecule has 4 rings (SSSR count). The number of esters is 1. The van der Waals surface area contributed by atoms with Gasteiger partial charge in [0.15, 0.2) is 12.5 Å². The number of aromatic amines is 1. The third kappa shape index (κ3) is 6.57. The second-order valence-electron chi connectivity index (χ2n) is 8.56. The molecule has 0 bridgehead atoms. The van der Waals surface area contributed by atoms with Crippen LogP contribution in [0, 0.1) is 0 Å². The number of fused-ring (bicyclic) bond motifs is 1. The number of unbranched alkanes of at least 4 members (excludes halogenated alkanes) is 2. The van der Waals surface area contributed by atoms with Crippen molar-refractivity contribution >= 4 is 5.97 Å². The van der Waals surface area contributed by atoms with Crippen LogP contribution in [0.2, 0.25) is 0 Å². The van der Waals surface area contributed by atoms with Gasteiger partial charge in [0, 0.05) is 29.2 Å². The molecule has 2 saturated heterocycles. The maximum atomic E-state index is 12.3. The van der Waals surface area contributed by atoms with Gasteiger partial charge in [0.25, 0.3) is 5.56 Å². The van der Waals surface area contributed by atoms with Crippen molar-refractivity contribution in [3.05, 3.63) is 73.4 Å². The molecule has 3 heterocycles. The number of carbonyl (C=O) groups is 1. The van der Waals surface area contributed by atoms with E-state index in [1.807, 2.05) is 24.3 Å². The summed E-state index contributed by atoms with van der Waals surface area (Å²) in [6.07, 6.45) is 0.686. The predicted octanol–water partition coefficient (Wildman–Crippen LogP) is 2.73. The van der Waals surface area contributed by atoms with Gasteiger partial charge in [0.1, 0.15) is 18.0 Å². The molecular weight excluding hydrogens is 486 g/mol. The first-order valence-corrected chi connectivity index (χ1v) is 12.2. The van der Waals surface area contributed by atoms with E-state index < -0.39 is 42.1 Å². The molecule has 13 nitrogen and oxygen atoms in total. The third-order valence-corrected chi connectivity index (χ3v) is 6.05. The molecule has 2 aliphatic rings. The van der Waals surface area contributed by atoms with E-state index in [1.165, 1.54) is 16.8 Å². The zero-order valence-electron chi connectivity index (χ0n) is 20.4. The summed E-state index contributed by atoms with van der Waals surface area (Å²) in [5, 5.41) is 3.59. The highest BCUT2D eigenvalue weighted by Crippen LogP contribution is 2.44. The average Bonchev–Trinajstić information content (AvgIpc) is 3.46. The van der Waals surface area contributed by atoms with Gasteiger partial charge in [0.05, 0.1) is 25.9 Å². The number of carbonyl (C=O) groups excluding carboxylic acids is 1. The van der Waals surface area contributed by atoms with E-state index in [0.717, 1.165) is 24.8 Å². The molecule has 1 aromatic carbocycles. The summed E-state index contributed by atoms with van der Waals surface area (Å²) in [4.78, 5) is 40.1. The van der Waals surface area contributed by atoms with E-state index in [4.69, 9.17) is 29.2 Å². The molecule has 198 valence electrons. The van der Waals surface area contributed by atoms with Crippen LogP contribution in [-0.2, 0) is 23.7 Å². The van der Waals surface area contributed by atoms with Crippen LogP contribution in [-0.4, -0.2) is 53.6 Å². The number of nitrogens with one attached hydrogen (secondary N) is 1. The lowest BCUT2D eigenvalue weighted by Crippen LogP contribution is -2.36. The highest BCUT2D eigenvalue weighted by molar-refractivity contribution is 5.69. The fourth-order valence-corrected chi connectivity index (χ4v) is 4.30. The number of hydrogen-bond acceptors (Lipinski definition) is 9. The number of ether oxygens (including phenoxy) is 5. The van der Waals surface area contributed by atoms with Gasteiger partial charge in [-0.1, -0.05) is 17.2 Å². The zero-order chi connectivity index (χ0) is 26.2. The largest absolute Gasteiger partial charge is 0.494 e. The van der Waals surface area contributed by atoms with Gasteiger partial charge in [-0.05, 0) is 43.9 Å². The molecule has 2 aromatic rings. The molecule has 2 fully saturated rings. The van der Waals surface area contributed by atoms with Crippen LogP contribution >= 0.6 is 0 Å². The number of hydrogen-bond donors (Lipinski definition) is 1. The second kappa shape index (κ2) is 12.5. The molecule has 37 heavy (non-hydrogen) atoms. The number of rotatable bonds is 12. The van der Waals surface area contributed by atoms with E-state index in [0.29, 0.717) is 25.4 Å². The van der Waals surface area contributed by atoms with Gasteiger partial charge >= 0.3 is 11.7 Å². The number of azide groups is 1. The summed E-state index contributed by atoms with van der Waals surface area (Å²) >= 11 is 0. The van der Waals surface area contributed by atoms with Gasteiger partial charge in [-0.15, -0.1) is 0 Å². The Morgan fingerprint density at radius 3 is 2.62 bits per heavy atom. The Bertz CT molecular complexity index is 1220. The standard InChI is InChI=1S/C24H29N5O8/c1-2-33-19(31)6-4-3-5-13-34-16-9-7-15(8-10-16)23-36-20-17(14-26-28-25)35-22(21(20)37-23)29-12-11-18(30)27-24(29)32/h7-12,17,20-23H,2-6,13-14H2,1H3,(H,27,30,32). The van der Waals surface area contributed by atoms with E-state index in [2.05, 4.69) is 15.0 Å². The van der Waals surface area contributed by atoms with Crippen LogP contribution in [0.25, 0.3) is 10.4 Å². The first-order chi connectivity index (χ1) is 18.0. The van der Waals surface area contributed by atoms with Crippen molar-refractivity contribution in [2.45, 2.75) is 63.4 Å². The van der Waals surface area contributed by atoms with Crippen molar-refractivity contribution in [2.24, 2.45) is 5.11 Å². The van der Waals surface area contributed by atoms with Gasteiger partial charge in [-0.25, -0.2) is 4.79 Å². The lowest BCUT2D eigenvalue weighted by molar-refractivity contribution is -0.147. The number of H-pyrrole nitrogens is 1. The maximum Gasteiger partial charge on any atom is 0.330 e. The highest BCUT2D eigenvalue weighted by atomic mass is 16.8. The van der Waals surface area contributed by atoms with Gasteiger partial charge in [-0.3, -0.25) is 19.1 Å². The molecule has 5 atom stereocenters. The fraction of sp³-hybridized carbons (Fsp3) is 0.542. The Hall–Kier alpha value is -3.64. The second-order valence-corrected chi connectivity index (χ2v) is 8.56. The van der Waals surface area contributed by atoms with E-state index in [-0.39, 0.29) is 12.5 Å². The average molecular weight is 516 g/mol. The first kappa shape index (κ1) is 26.4. The highest BCUT2D eigenvalue weighted by Gasteiger charge is 2.53. The minimum absolute atomic E-state index is 0.00504. The lowest BCUT2D eigenvalue weighted by atomic mass is 10.1. The molecule has 5 unspecified atom stereocenters. The number of nitrogens with zero attached hydrogens (tertiary/aromatic N) is 4. The molecule has 13 heteroatoms. The van der Waals surface area contributed by atoms with Gasteiger partial charge in [0.2, 0.25) is 0 Å². The van der Waals surface area contributed by atoms with Crippen molar-refractivity contribution in [3.63, 3.8) is 0 Å². The Kier molecular flexibility index (Phi) is 8.96. The summed E-state index contributed by atoms with van der Waals surface area (Å²) in [7, 11) is 0. The summed E-state index contributed by atoms with van der Waals surface area (Å²) in [6.45, 7) is 2.71. The van der Waals surface area contributed by atoms with Crippen LogP contribution in [0.15, 0.2) is 51.2 Å². The Labute approximate surface area is 211 Å². The molecule has 0 aliphatic carbocycles. The van der Waals surface area contributed by atoms with Crippen LogP contribution in [0.5, 0.6) is 5.75 Å². The van der Waals surface area contributed by atoms with Crippen molar-refractivity contribution in [1.29, 1.82) is 0 Å². The monoisotopic (exact) mass is 515 g/mol. The third-order valence-electron chi connectivity index (χ3n) is 6.05. The van der Waals surface area contributed by atoms with Crippen molar-refractivity contribution in [3.8, 4) is 5.75 Å². The van der Waals surface area contributed by atoms with E-state index >= 15 is 0 Å². The minimum atomic E-state index is -0.871. The predicted molar refractivity (Wildman–Crippen MR) is 129 cm³/mol. The maximum absolute atomic E-state index is 12.3. The van der Waals surface area contributed by atoms with Crippen LogP contribution in [0.1, 0.15) is 50.7 Å². The lowest BCUT2D eigenvalue weighted by Gasteiger charge is -2.21. The van der Waals surface area contributed by atoms with Crippen LogP contribution in [0.3, 0.4) is 0 Å². The summed E-state index contributed by atoms with van der Waals surface area (Å²) in [5.74, 6) is 0.516. The van der Waals surface area contributed by atoms with Gasteiger partial charge < -0.3 is 23.7 Å². The SMILES string of the molecule is CCOC(=O)CCCCCOc1ccc(C2OC3C(CN=[N+]=[N-])OC(n4ccc(=O)[nH]c4=O)C3O2)cc1. The van der Waals surface area contributed by atoms with E-state index in [1.54, 1.807) is 6.92 Å². The Morgan fingerprint density at radius 2 is 1.89 bits per heavy atom. The summed E-state index contributed by atoms with van der Waals surface area (Å²) in [6, 6.07) is 8.49. The molecule has 2 aliphatic heterocycles. The van der Waals surface area contributed by atoms with Crippen molar-refractivity contribution in [2.75, 3.05) is 19.8 Å².